The maximum absolute atomic E-state index is 10.4. The molecule has 0 spiro atoms. The average molecular weight is 184 g/mol. The van der Waals surface area contributed by atoms with Crippen LogP contribution in [0.3, 0.4) is 0 Å². The Morgan fingerprint density at radius 3 is 1.91 bits per heavy atom. The minimum Gasteiger partial charge on any atom is -0.368 e. The molecule has 5 nitrogen and oxygen atoms in total. The molecule has 0 saturated heterocycles. The van der Waals surface area contributed by atoms with E-state index >= 15 is 0 Å². The van der Waals surface area contributed by atoms with Crippen LogP contribution in [0, 0.1) is 0 Å². The van der Waals surface area contributed by atoms with Crippen molar-refractivity contribution in [2.45, 2.75) is 31.3 Å². The molecule has 6 heteroatoms. The monoisotopic (exact) mass is 184 g/mol. The quantitative estimate of drug-likeness (QED) is 0.399. The summed E-state index contributed by atoms with van der Waals surface area (Å²) < 4.78 is 29.3. The van der Waals surface area contributed by atoms with Gasteiger partial charge in [-0.2, -0.15) is 8.42 Å². The third-order valence-electron chi connectivity index (χ3n) is 1.35. The molecule has 0 amide bonds. The summed E-state index contributed by atoms with van der Waals surface area (Å²) in [5, 5.41) is 15.7. The summed E-state index contributed by atoms with van der Waals surface area (Å²) >= 11 is 0. The van der Waals surface area contributed by atoms with Crippen molar-refractivity contribution in [1.82, 2.24) is 0 Å². The molecular weight excluding hydrogens is 172 g/mol. The van der Waals surface area contributed by atoms with Gasteiger partial charge in [0.1, 0.15) is 0 Å². The molecule has 1 atom stereocenters. The molecule has 0 fully saturated rings. The van der Waals surface area contributed by atoms with Gasteiger partial charge in [-0.05, 0) is 6.42 Å². The Morgan fingerprint density at radius 1 is 1.36 bits per heavy atom. The molecule has 0 aliphatic carbocycles. The first-order valence-corrected chi connectivity index (χ1v) is 4.70. The van der Waals surface area contributed by atoms with Gasteiger partial charge in [-0.3, -0.25) is 4.55 Å². The summed E-state index contributed by atoms with van der Waals surface area (Å²) in [6.07, 6.45) is -1.88. The molecule has 3 N–H and O–H groups in total. The van der Waals surface area contributed by atoms with Gasteiger partial charge in [0.25, 0.3) is 10.1 Å². The molecule has 0 saturated carbocycles. The summed E-state index contributed by atoms with van der Waals surface area (Å²) in [6.45, 7) is 1.54. The smallest absolute Gasteiger partial charge is 0.267 e. The normalized spacial score (nSPS) is 15.4. The van der Waals surface area contributed by atoms with Crippen LogP contribution >= 0.6 is 0 Å². The summed E-state index contributed by atoms with van der Waals surface area (Å²) in [5.41, 5.74) is 0. The molecule has 0 aliphatic rings. The van der Waals surface area contributed by atoms with Crippen molar-refractivity contribution in [2.24, 2.45) is 0 Å². The van der Waals surface area contributed by atoms with Crippen LogP contribution in [0.2, 0.25) is 0 Å². The molecule has 0 aromatic rings. The summed E-state index contributed by atoms with van der Waals surface area (Å²) in [6, 6.07) is 0. The molecule has 11 heavy (non-hydrogen) atoms. The predicted molar refractivity (Wildman–Crippen MR) is 38.5 cm³/mol. The maximum atomic E-state index is 10.4. The van der Waals surface area contributed by atoms with Crippen LogP contribution in [0.5, 0.6) is 0 Å². The Balaban J connectivity index is 4.20. The highest BCUT2D eigenvalue weighted by Gasteiger charge is 2.22. The Labute approximate surface area is 65.4 Å². The number of rotatable bonds is 4. The van der Waals surface area contributed by atoms with E-state index < -0.39 is 21.7 Å². The van der Waals surface area contributed by atoms with Gasteiger partial charge in [0.15, 0.2) is 6.29 Å². The maximum Gasteiger partial charge on any atom is 0.267 e. The minimum atomic E-state index is -4.13. The van der Waals surface area contributed by atoms with Crippen LogP contribution in [0.4, 0.5) is 0 Å². The minimum absolute atomic E-state index is 0.163. The number of aliphatic hydroxyl groups is 2. The molecule has 0 aromatic carbocycles. The summed E-state index contributed by atoms with van der Waals surface area (Å²) in [5.74, 6) is 0. The molecule has 0 heterocycles. The van der Waals surface area contributed by atoms with E-state index in [4.69, 9.17) is 14.8 Å². The lowest BCUT2D eigenvalue weighted by Crippen LogP contribution is -2.25. The fraction of sp³-hybridized carbons (Fsp3) is 1.00. The number of hydrogen-bond acceptors (Lipinski definition) is 4. The van der Waals surface area contributed by atoms with E-state index in [0.29, 0.717) is 0 Å². The van der Waals surface area contributed by atoms with Crippen LogP contribution in [0.25, 0.3) is 0 Å². The van der Waals surface area contributed by atoms with E-state index in [2.05, 4.69) is 0 Å². The van der Waals surface area contributed by atoms with Crippen LogP contribution in [-0.4, -0.2) is 34.7 Å². The fourth-order valence-electron chi connectivity index (χ4n) is 0.734. The molecule has 0 radical (unpaired) electrons. The Hall–Kier alpha value is -0.170. The van der Waals surface area contributed by atoms with Crippen LogP contribution in [0.15, 0.2) is 0 Å². The summed E-state index contributed by atoms with van der Waals surface area (Å²) in [7, 11) is -4.13. The van der Waals surface area contributed by atoms with Gasteiger partial charge in [-0.1, -0.05) is 6.92 Å². The summed E-state index contributed by atoms with van der Waals surface area (Å²) in [4.78, 5) is 0. The van der Waals surface area contributed by atoms with Gasteiger partial charge in [-0.25, -0.2) is 0 Å². The van der Waals surface area contributed by atoms with Crippen molar-refractivity contribution in [1.29, 1.82) is 0 Å². The van der Waals surface area contributed by atoms with Crippen LogP contribution in [0.1, 0.15) is 19.8 Å². The van der Waals surface area contributed by atoms with E-state index in [1.165, 1.54) is 0 Å². The SMILES string of the molecule is CCC(CC(O)O)S(=O)(=O)O. The lowest BCUT2D eigenvalue weighted by Gasteiger charge is -2.11. The zero-order valence-corrected chi connectivity index (χ0v) is 6.95. The van der Waals surface area contributed by atoms with Gasteiger partial charge < -0.3 is 10.2 Å². The van der Waals surface area contributed by atoms with Crippen LogP contribution < -0.4 is 0 Å². The number of hydrogen-bond donors (Lipinski definition) is 3. The van der Waals surface area contributed by atoms with Crippen molar-refractivity contribution in [2.75, 3.05) is 0 Å². The average Bonchev–Trinajstić information content (AvgIpc) is 1.79. The zero-order valence-electron chi connectivity index (χ0n) is 6.14. The van der Waals surface area contributed by atoms with E-state index in [1.807, 2.05) is 0 Å². The molecular formula is C5H12O5S. The molecule has 68 valence electrons. The molecule has 0 aromatic heterocycles. The second kappa shape index (κ2) is 4.01. The standard InChI is InChI=1S/C5H12O5S/c1-2-4(3-5(6)7)11(8,9)10/h4-7H,2-3H2,1H3,(H,8,9,10). The zero-order chi connectivity index (χ0) is 9.07. The van der Waals surface area contributed by atoms with E-state index in [1.54, 1.807) is 6.92 Å². The van der Waals surface area contributed by atoms with Crippen molar-refractivity contribution < 1.29 is 23.2 Å². The first-order valence-electron chi connectivity index (χ1n) is 3.20. The molecule has 0 aliphatic heterocycles. The van der Waals surface area contributed by atoms with Gasteiger partial charge in [0.2, 0.25) is 0 Å². The topological polar surface area (TPSA) is 94.8 Å². The van der Waals surface area contributed by atoms with Crippen molar-refractivity contribution in [3.05, 3.63) is 0 Å². The van der Waals surface area contributed by atoms with Gasteiger partial charge in [0.05, 0.1) is 5.25 Å². The third-order valence-corrected chi connectivity index (χ3v) is 2.72. The van der Waals surface area contributed by atoms with Crippen LogP contribution in [-0.2, 0) is 10.1 Å². The van der Waals surface area contributed by atoms with Gasteiger partial charge in [-0.15, -0.1) is 0 Å². The highest BCUT2D eigenvalue weighted by Crippen LogP contribution is 2.09. The van der Waals surface area contributed by atoms with E-state index in [0.717, 1.165) is 0 Å². The van der Waals surface area contributed by atoms with Gasteiger partial charge in [0, 0.05) is 6.42 Å². The Kier molecular flexibility index (Phi) is 3.95. The first kappa shape index (κ1) is 10.8. The Morgan fingerprint density at radius 2 is 1.82 bits per heavy atom. The van der Waals surface area contributed by atoms with Crippen molar-refractivity contribution in [3.63, 3.8) is 0 Å². The lowest BCUT2D eigenvalue weighted by molar-refractivity contribution is -0.0459. The lowest BCUT2D eigenvalue weighted by atomic mass is 10.2. The Bertz CT molecular complexity index is 195. The molecule has 0 bridgehead atoms. The third kappa shape index (κ3) is 4.31. The second-order valence-electron chi connectivity index (χ2n) is 2.26. The van der Waals surface area contributed by atoms with Crippen molar-refractivity contribution in [3.8, 4) is 0 Å². The highest BCUT2D eigenvalue weighted by atomic mass is 32.2. The van der Waals surface area contributed by atoms with Crippen molar-refractivity contribution >= 4 is 10.1 Å². The van der Waals surface area contributed by atoms with E-state index in [-0.39, 0.29) is 12.8 Å². The molecule has 1 unspecified atom stereocenters. The predicted octanol–water partition coefficient (Wildman–Crippen LogP) is -0.646. The molecule has 0 rings (SSSR count). The fourth-order valence-corrected chi connectivity index (χ4v) is 1.57. The first-order chi connectivity index (χ1) is 4.88. The largest absolute Gasteiger partial charge is 0.368 e. The number of aliphatic hydroxyl groups excluding tert-OH is 1. The van der Waals surface area contributed by atoms with Gasteiger partial charge >= 0.3 is 0 Å². The van der Waals surface area contributed by atoms with E-state index in [9.17, 15) is 8.42 Å². The highest BCUT2D eigenvalue weighted by molar-refractivity contribution is 7.86. The second-order valence-corrected chi connectivity index (χ2v) is 3.96.